The molecule has 27 heavy (non-hydrogen) atoms. The van der Waals surface area contributed by atoms with E-state index in [2.05, 4.69) is 15.6 Å². The van der Waals surface area contributed by atoms with Gasteiger partial charge in [-0.05, 0) is 36.2 Å². The molecule has 146 valence electrons. The molecule has 1 aliphatic heterocycles. The van der Waals surface area contributed by atoms with Gasteiger partial charge in [-0.1, -0.05) is 6.07 Å². The maximum Gasteiger partial charge on any atom is 0.191 e. The first kappa shape index (κ1) is 19.1. The number of furan rings is 1. The van der Waals surface area contributed by atoms with Crippen LogP contribution in [0, 0.1) is 0 Å². The van der Waals surface area contributed by atoms with Gasteiger partial charge in [0.1, 0.15) is 12.4 Å². The van der Waals surface area contributed by atoms with Gasteiger partial charge in [0.25, 0.3) is 0 Å². The van der Waals surface area contributed by atoms with Crippen molar-refractivity contribution >= 4 is 5.96 Å². The third-order valence-corrected chi connectivity index (χ3v) is 4.08. The molecule has 2 aromatic rings. The van der Waals surface area contributed by atoms with E-state index in [1.165, 1.54) is 0 Å². The van der Waals surface area contributed by atoms with E-state index in [1.54, 1.807) is 13.3 Å². The van der Waals surface area contributed by atoms with Gasteiger partial charge in [-0.25, -0.2) is 0 Å². The van der Waals surface area contributed by atoms with Gasteiger partial charge < -0.3 is 29.3 Å². The van der Waals surface area contributed by atoms with Gasteiger partial charge in [0.15, 0.2) is 17.5 Å². The highest BCUT2D eigenvalue weighted by atomic mass is 16.5. The van der Waals surface area contributed by atoms with E-state index in [1.807, 2.05) is 30.3 Å². The summed E-state index contributed by atoms with van der Waals surface area (Å²) in [5, 5.41) is 6.59. The molecule has 0 saturated carbocycles. The summed E-state index contributed by atoms with van der Waals surface area (Å²) in [6, 6.07) is 9.78. The van der Waals surface area contributed by atoms with Gasteiger partial charge in [0.05, 0.1) is 19.5 Å². The van der Waals surface area contributed by atoms with Crippen LogP contribution < -0.4 is 20.1 Å². The van der Waals surface area contributed by atoms with Gasteiger partial charge in [-0.3, -0.25) is 4.99 Å². The molecule has 0 spiro atoms. The number of nitrogens with one attached hydrogen (secondary N) is 2. The van der Waals surface area contributed by atoms with Crippen molar-refractivity contribution in [3.05, 3.63) is 47.9 Å². The summed E-state index contributed by atoms with van der Waals surface area (Å²) < 4.78 is 22.2. The molecule has 1 aliphatic rings. The van der Waals surface area contributed by atoms with Crippen LogP contribution in [-0.4, -0.2) is 39.4 Å². The Morgan fingerprint density at radius 1 is 1.15 bits per heavy atom. The number of nitrogens with zero attached hydrogens (tertiary/aromatic N) is 1. The molecule has 2 N–H and O–H groups in total. The number of rotatable bonds is 8. The Kier molecular flexibility index (Phi) is 7.41. The monoisotopic (exact) mass is 373 g/mol. The van der Waals surface area contributed by atoms with Crippen LogP contribution in [0.15, 0.2) is 46.0 Å². The Labute approximate surface area is 159 Å². The molecular weight excluding hydrogens is 346 g/mol. The summed E-state index contributed by atoms with van der Waals surface area (Å²) in [5.41, 5.74) is 1.11. The van der Waals surface area contributed by atoms with E-state index in [4.69, 9.17) is 18.6 Å². The van der Waals surface area contributed by atoms with Crippen molar-refractivity contribution < 1.29 is 18.6 Å². The second-order valence-electron chi connectivity index (χ2n) is 6.17. The van der Waals surface area contributed by atoms with Gasteiger partial charge >= 0.3 is 0 Å². The van der Waals surface area contributed by atoms with Gasteiger partial charge in [0.2, 0.25) is 0 Å². The SMILES string of the molecule is CN=C(NCCCOCc1ccco1)NCc1ccc2c(c1)OCCCO2. The lowest BCUT2D eigenvalue weighted by molar-refractivity contribution is 0.105. The number of hydrogen-bond donors (Lipinski definition) is 2. The van der Waals surface area contributed by atoms with E-state index in [0.717, 1.165) is 48.2 Å². The van der Waals surface area contributed by atoms with Crippen LogP contribution in [0.4, 0.5) is 0 Å². The van der Waals surface area contributed by atoms with Crippen molar-refractivity contribution in [2.75, 3.05) is 33.4 Å². The molecule has 3 rings (SSSR count). The van der Waals surface area contributed by atoms with Crippen LogP contribution in [-0.2, 0) is 17.9 Å². The number of guanidine groups is 1. The van der Waals surface area contributed by atoms with Crippen LogP contribution in [0.5, 0.6) is 11.5 Å². The quantitative estimate of drug-likeness (QED) is 0.421. The Morgan fingerprint density at radius 2 is 2.04 bits per heavy atom. The smallest absolute Gasteiger partial charge is 0.191 e. The zero-order valence-electron chi connectivity index (χ0n) is 15.7. The molecule has 7 nitrogen and oxygen atoms in total. The fraction of sp³-hybridized carbons (Fsp3) is 0.450. The largest absolute Gasteiger partial charge is 0.490 e. The Bertz CT molecular complexity index is 716. The molecule has 0 unspecified atom stereocenters. The number of ether oxygens (including phenoxy) is 3. The molecule has 0 atom stereocenters. The van der Waals surface area contributed by atoms with Crippen molar-refractivity contribution in [3.8, 4) is 11.5 Å². The predicted octanol–water partition coefficient (Wildman–Crippen LogP) is 2.71. The average Bonchev–Trinajstić information content (AvgIpc) is 3.10. The zero-order chi connectivity index (χ0) is 18.7. The molecule has 0 radical (unpaired) electrons. The fourth-order valence-electron chi connectivity index (χ4n) is 2.67. The van der Waals surface area contributed by atoms with Crippen LogP contribution >= 0.6 is 0 Å². The zero-order valence-corrected chi connectivity index (χ0v) is 15.7. The maximum atomic E-state index is 5.73. The van der Waals surface area contributed by atoms with Crippen molar-refractivity contribution in [3.63, 3.8) is 0 Å². The van der Waals surface area contributed by atoms with E-state index < -0.39 is 0 Å². The normalized spacial score (nSPS) is 13.9. The van der Waals surface area contributed by atoms with E-state index in [0.29, 0.717) is 33.0 Å². The molecule has 2 heterocycles. The lowest BCUT2D eigenvalue weighted by Crippen LogP contribution is -2.37. The fourth-order valence-corrected chi connectivity index (χ4v) is 2.67. The number of hydrogen-bond acceptors (Lipinski definition) is 5. The number of aliphatic imine (C=N–C) groups is 1. The highest BCUT2D eigenvalue weighted by molar-refractivity contribution is 5.79. The Hall–Kier alpha value is -2.67. The molecular formula is C20H27N3O4. The van der Waals surface area contributed by atoms with Gasteiger partial charge in [-0.15, -0.1) is 0 Å². The lowest BCUT2D eigenvalue weighted by Gasteiger charge is -2.13. The first-order valence-corrected chi connectivity index (χ1v) is 9.28. The summed E-state index contributed by atoms with van der Waals surface area (Å²) in [5.74, 6) is 3.22. The predicted molar refractivity (Wildman–Crippen MR) is 103 cm³/mol. The lowest BCUT2D eigenvalue weighted by atomic mass is 10.2. The average molecular weight is 373 g/mol. The molecule has 0 aliphatic carbocycles. The summed E-state index contributed by atoms with van der Waals surface area (Å²) in [4.78, 5) is 4.25. The van der Waals surface area contributed by atoms with E-state index in [-0.39, 0.29) is 0 Å². The van der Waals surface area contributed by atoms with Gasteiger partial charge in [-0.2, -0.15) is 0 Å². The molecule has 7 heteroatoms. The summed E-state index contributed by atoms with van der Waals surface area (Å²) in [6.45, 7) is 3.99. The first-order valence-electron chi connectivity index (χ1n) is 9.28. The molecule has 0 saturated heterocycles. The van der Waals surface area contributed by atoms with Crippen molar-refractivity contribution in [1.29, 1.82) is 0 Å². The van der Waals surface area contributed by atoms with E-state index in [9.17, 15) is 0 Å². The Balaban J connectivity index is 1.34. The van der Waals surface area contributed by atoms with Crippen molar-refractivity contribution in [2.24, 2.45) is 4.99 Å². The first-order chi connectivity index (χ1) is 13.3. The minimum absolute atomic E-state index is 0.504. The highest BCUT2D eigenvalue weighted by Gasteiger charge is 2.10. The number of fused-ring (bicyclic) bond motifs is 1. The van der Waals surface area contributed by atoms with Gasteiger partial charge in [0, 0.05) is 33.2 Å². The van der Waals surface area contributed by atoms with Crippen LogP contribution in [0.2, 0.25) is 0 Å². The third-order valence-electron chi connectivity index (χ3n) is 4.08. The van der Waals surface area contributed by atoms with Crippen molar-refractivity contribution in [1.82, 2.24) is 10.6 Å². The van der Waals surface area contributed by atoms with Crippen LogP contribution in [0.1, 0.15) is 24.2 Å². The molecule has 0 fully saturated rings. The molecule has 0 amide bonds. The minimum atomic E-state index is 0.504. The summed E-state index contributed by atoms with van der Waals surface area (Å²) >= 11 is 0. The maximum absolute atomic E-state index is 5.73. The topological polar surface area (TPSA) is 77.3 Å². The Morgan fingerprint density at radius 3 is 2.85 bits per heavy atom. The highest BCUT2D eigenvalue weighted by Crippen LogP contribution is 2.30. The van der Waals surface area contributed by atoms with Crippen molar-refractivity contribution in [2.45, 2.75) is 26.0 Å². The molecule has 1 aromatic carbocycles. The number of benzene rings is 1. The minimum Gasteiger partial charge on any atom is -0.490 e. The second-order valence-corrected chi connectivity index (χ2v) is 6.17. The molecule has 0 bridgehead atoms. The van der Waals surface area contributed by atoms with Crippen LogP contribution in [0.3, 0.4) is 0 Å². The summed E-state index contributed by atoms with van der Waals surface area (Å²) in [7, 11) is 1.76. The second kappa shape index (κ2) is 10.5. The third kappa shape index (κ3) is 6.21. The molecule has 1 aromatic heterocycles. The van der Waals surface area contributed by atoms with E-state index >= 15 is 0 Å². The van der Waals surface area contributed by atoms with Crippen LogP contribution in [0.25, 0.3) is 0 Å². The summed E-state index contributed by atoms with van der Waals surface area (Å²) in [6.07, 6.45) is 3.44. The standard InChI is InChI=1S/C20H27N3O4/c1-21-20(22-8-3-9-24-15-17-5-2-10-25-17)23-14-16-6-7-18-19(13-16)27-12-4-11-26-18/h2,5-7,10,13H,3-4,8-9,11-12,14-15H2,1H3,(H2,21,22,23).